The zero-order valence-corrected chi connectivity index (χ0v) is 9.14. The van der Waals surface area contributed by atoms with Gasteiger partial charge in [0.05, 0.1) is 3.57 Å². The van der Waals surface area contributed by atoms with Crippen molar-refractivity contribution in [1.29, 1.82) is 0 Å². The second kappa shape index (κ2) is 4.55. The van der Waals surface area contributed by atoms with Gasteiger partial charge in [-0.3, -0.25) is 4.79 Å². The monoisotopic (exact) mass is 328 g/mol. The topological polar surface area (TPSA) is 73.1 Å². The molecule has 0 bridgehead atoms. The number of carbonyl (C=O) groups is 1. The Bertz CT molecular complexity index is 425. The molecule has 0 amide bonds. The highest BCUT2D eigenvalue weighted by atomic mass is 127. The van der Waals surface area contributed by atoms with Gasteiger partial charge in [0, 0.05) is 11.6 Å². The second-order valence-electron chi connectivity index (χ2n) is 2.44. The number of nitrogens with zero attached hydrogens (tertiary/aromatic N) is 2. The Morgan fingerprint density at radius 1 is 1.60 bits per heavy atom. The molecule has 0 fully saturated rings. The van der Waals surface area contributed by atoms with Crippen LogP contribution in [0.4, 0.5) is 14.6 Å². The molecule has 0 aliphatic carbocycles. The van der Waals surface area contributed by atoms with Crippen LogP contribution < -0.4 is 0 Å². The Morgan fingerprint density at radius 3 is 2.60 bits per heavy atom. The SMILES string of the molecule is O=Cc1cc([N+](=O)[O-])nc(C(F)F)c1I. The third kappa shape index (κ3) is 2.43. The molecule has 0 aliphatic rings. The Kier molecular flexibility index (Phi) is 3.61. The van der Waals surface area contributed by atoms with Gasteiger partial charge in [-0.2, -0.15) is 0 Å². The van der Waals surface area contributed by atoms with Crippen molar-refractivity contribution in [3.8, 4) is 0 Å². The lowest BCUT2D eigenvalue weighted by Crippen LogP contribution is -2.03. The van der Waals surface area contributed by atoms with Crippen LogP contribution in [-0.2, 0) is 0 Å². The summed E-state index contributed by atoms with van der Waals surface area (Å²) in [5.41, 5.74) is -0.903. The molecule has 1 aromatic heterocycles. The summed E-state index contributed by atoms with van der Waals surface area (Å²) in [5.74, 6) is -0.757. The van der Waals surface area contributed by atoms with Gasteiger partial charge in [0.25, 0.3) is 0 Å². The molecule has 80 valence electrons. The van der Waals surface area contributed by atoms with E-state index in [-0.39, 0.29) is 15.4 Å². The van der Waals surface area contributed by atoms with Crippen molar-refractivity contribution < 1.29 is 18.5 Å². The maximum atomic E-state index is 12.4. The standard InChI is InChI=1S/C7H3F2IN2O3/c8-7(9)6-5(10)3(2-13)1-4(11-6)12(14)15/h1-2,7H. The quantitative estimate of drug-likeness (QED) is 0.369. The van der Waals surface area contributed by atoms with Gasteiger partial charge in [-0.05, 0) is 32.5 Å². The summed E-state index contributed by atoms with van der Waals surface area (Å²) in [5, 5.41) is 10.3. The van der Waals surface area contributed by atoms with E-state index >= 15 is 0 Å². The number of halogens is 3. The Labute approximate surface area is 95.8 Å². The molecule has 0 N–H and O–H groups in total. The molecular formula is C7H3F2IN2O3. The average molecular weight is 328 g/mol. The summed E-state index contributed by atoms with van der Waals surface area (Å²) < 4.78 is 24.7. The van der Waals surface area contributed by atoms with E-state index in [1.165, 1.54) is 22.6 Å². The summed E-state index contributed by atoms with van der Waals surface area (Å²) in [4.78, 5) is 23.1. The van der Waals surface area contributed by atoms with Crippen LogP contribution in [0.5, 0.6) is 0 Å². The number of pyridine rings is 1. The third-order valence-corrected chi connectivity index (χ3v) is 2.69. The molecule has 0 aliphatic heterocycles. The van der Waals surface area contributed by atoms with E-state index < -0.39 is 22.9 Å². The summed E-state index contributed by atoms with van der Waals surface area (Å²) in [6.45, 7) is 0. The maximum Gasteiger partial charge on any atom is 0.364 e. The molecule has 0 unspecified atom stereocenters. The summed E-state index contributed by atoms with van der Waals surface area (Å²) in [6.07, 6.45) is -2.67. The van der Waals surface area contributed by atoms with E-state index in [1.54, 1.807) is 0 Å². The fourth-order valence-electron chi connectivity index (χ4n) is 0.879. The lowest BCUT2D eigenvalue weighted by Gasteiger charge is -2.01. The van der Waals surface area contributed by atoms with Gasteiger partial charge in [0.2, 0.25) is 5.69 Å². The Morgan fingerprint density at radius 2 is 2.20 bits per heavy atom. The molecule has 0 spiro atoms. The highest BCUT2D eigenvalue weighted by molar-refractivity contribution is 14.1. The van der Waals surface area contributed by atoms with Crippen molar-refractivity contribution in [2.75, 3.05) is 0 Å². The molecule has 0 saturated heterocycles. The molecule has 1 aromatic rings. The number of rotatable bonds is 3. The fraction of sp³-hybridized carbons (Fsp3) is 0.143. The minimum absolute atomic E-state index is 0.0665. The minimum atomic E-state index is -2.95. The number of hydrogen-bond acceptors (Lipinski definition) is 4. The van der Waals surface area contributed by atoms with Gasteiger partial charge in [-0.15, -0.1) is 0 Å². The molecule has 1 rings (SSSR count). The van der Waals surface area contributed by atoms with Gasteiger partial charge in [-0.25, -0.2) is 8.78 Å². The molecule has 0 saturated carbocycles. The van der Waals surface area contributed by atoms with E-state index in [2.05, 4.69) is 4.98 Å². The van der Waals surface area contributed by atoms with Gasteiger partial charge >= 0.3 is 12.2 Å². The van der Waals surface area contributed by atoms with Crippen LogP contribution in [0.1, 0.15) is 22.5 Å². The van der Waals surface area contributed by atoms with Gasteiger partial charge in [0.15, 0.2) is 6.29 Å². The predicted octanol–water partition coefficient (Wildman–Crippen LogP) is 2.34. The average Bonchev–Trinajstić information content (AvgIpc) is 2.17. The zero-order chi connectivity index (χ0) is 11.6. The fourth-order valence-corrected chi connectivity index (χ4v) is 1.52. The normalized spacial score (nSPS) is 10.4. The van der Waals surface area contributed by atoms with Crippen molar-refractivity contribution in [3.63, 3.8) is 0 Å². The first-order valence-electron chi connectivity index (χ1n) is 3.55. The first-order chi connectivity index (χ1) is 6.97. The Hall–Kier alpha value is -1.19. The number of carbonyl (C=O) groups excluding carboxylic acids is 1. The van der Waals surface area contributed by atoms with Crippen LogP contribution in [0, 0.1) is 13.7 Å². The van der Waals surface area contributed by atoms with Crippen molar-refractivity contribution in [3.05, 3.63) is 31.0 Å². The van der Waals surface area contributed by atoms with E-state index in [4.69, 9.17) is 0 Å². The first kappa shape index (κ1) is 11.9. The smallest absolute Gasteiger partial charge is 0.358 e. The molecule has 5 nitrogen and oxygen atoms in total. The lowest BCUT2D eigenvalue weighted by atomic mass is 10.2. The number of nitro groups is 1. The van der Waals surface area contributed by atoms with Crippen LogP contribution in [0.15, 0.2) is 6.07 Å². The highest BCUT2D eigenvalue weighted by Gasteiger charge is 2.25. The summed E-state index contributed by atoms with van der Waals surface area (Å²) in [7, 11) is 0. The largest absolute Gasteiger partial charge is 0.364 e. The maximum absolute atomic E-state index is 12.4. The first-order valence-corrected chi connectivity index (χ1v) is 4.63. The predicted molar refractivity (Wildman–Crippen MR) is 54.0 cm³/mol. The molecule has 0 atom stereocenters. The molecule has 15 heavy (non-hydrogen) atoms. The van der Waals surface area contributed by atoms with Gasteiger partial charge in [0.1, 0.15) is 0 Å². The van der Waals surface area contributed by atoms with E-state index in [0.717, 1.165) is 6.07 Å². The minimum Gasteiger partial charge on any atom is -0.358 e. The van der Waals surface area contributed by atoms with Crippen molar-refractivity contribution in [2.45, 2.75) is 6.43 Å². The van der Waals surface area contributed by atoms with Crippen LogP contribution in [-0.4, -0.2) is 16.2 Å². The van der Waals surface area contributed by atoms with Gasteiger partial charge < -0.3 is 10.1 Å². The third-order valence-electron chi connectivity index (χ3n) is 1.52. The van der Waals surface area contributed by atoms with Crippen LogP contribution in [0.3, 0.4) is 0 Å². The van der Waals surface area contributed by atoms with Gasteiger partial charge in [-0.1, -0.05) is 0 Å². The summed E-state index contributed by atoms with van der Waals surface area (Å²) in [6, 6.07) is 0.862. The Balaban J connectivity index is 3.45. The van der Waals surface area contributed by atoms with Crippen LogP contribution >= 0.6 is 22.6 Å². The van der Waals surface area contributed by atoms with E-state index in [0.29, 0.717) is 0 Å². The zero-order valence-electron chi connectivity index (χ0n) is 6.99. The molecule has 1 heterocycles. The number of alkyl halides is 2. The second-order valence-corrected chi connectivity index (χ2v) is 3.52. The molecule has 0 radical (unpaired) electrons. The lowest BCUT2D eigenvalue weighted by molar-refractivity contribution is -0.389. The summed E-state index contributed by atoms with van der Waals surface area (Å²) >= 11 is 1.50. The van der Waals surface area contributed by atoms with Crippen LogP contribution in [0.2, 0.25) is 0 Å². The van der Waals surface area contributed by atoms with E-state index in [9.17, 15) is 23.7 Å². The van der Waals surface area contributed by atoms with Crippen LogP contribution in [0.25, 0.3) is 0 Å². The molecule has 8 heteroatoms. The molecule has 0 aromatic carbocycles. The highest BCUT2D eigenvalue weighted by Crippen LogP contribution is 2.27. The number of aromatic nitrogens is 1. The number of hydrogen-bond donors (Lipinski definition) is 0. The van der Waals surface area contributed by atoms with E-state index in [1.807, 2.05) is 0 Å². The van der Waals surface area contributed by atoms with Crippen molar-refractivity contribution >= 4 is 34.7 Å². The molecular weight excluding hydrogens is 325 g/mol. The van der Waals surface area contributed by atoms with Crippen molar-refractivity contribution in [1.82, 2.24) is 4.98 Å². The number of aldehydes is 1. The van der Waals surface area contributed by atoms with Crippen molar-refractivity contribution in [2.24, 2.45) is 0 Å².